The van der Waals surface area contributed by atoms with E-state index >= 15 is 0 Å². The summed E-state index contributed by atoms with van der Waals surface area (Å²) in [7, 11) is 0. The Morgan fingerprint density at radius 2 is 0.968 bits per heavy atom. The molecule has 0 bridgehead atoms. The van der Waals surface area contributed by atoms with E-state index in [4.69, 9.17) is 15.6 Å². The van der Waals surface area contributed by atoms with E-state index in [0.29, 0.717) is 12.8 Å². The number of carbonyl (C=O) groups is 4. The van der Waals surface area contributed by atoms with Crippen molar-refractivity contribution in [3.63, 3.8) is 0 Å². The van der Waals surface area contributed by atoms with E-state index in [1.165, 1.54) is 140 Å². The van der Waals surface area contributed by atoms with Crippen molar-refractivity contribution in [2.45, 2.75) is 269 Å². The van der Waals surface area contributed by atoms with Crippen LogP contribution in [0.15, 0.2) is 0 Å². The van der Waals surface area contributed by atoms with Gasteiger partial charge in [0.15, 0.2) is 5.78 Å². The number of amides is 2. The van der Waals surface area contributed by atoms with E-state index in [2.05, 4.69) is 19.2 Å². The summed E-state index contributed by atoms with van der Waals surface area (Å²) in [5.41, 5.74) is 6.95. The molecule has 1 rings (SSSR count). The highest BCUT2D eigenvalue weighted by Gasteiger charge is 2.59. The molecule has 370 valence electrons. The molecule has 0 saturated carbocycles. The summed E-state index contributed by atoms with van der Waals surface area (Å²) in [5.74, 6) is -7.22. The number of carboxylic acid groups (broad SMARTS) is 1. The van der Waals surface area contributed by atoms with Crippen LogP contribution in [-0.4, -0.2) is 104 Å². The Morgan fingerprint density at radius 1 is 0.571 bits per heavy atom. The molecule has 0 unspecified atom stereocenters. The van der Waals surface area contributed by atoms with Gasteiger partial charge in [-0.05, 0) is 19.3 Å². The Hall–Kier alpha value is -2.16. The van der Waals surface area contributed by atoms with Gasteiger partial charge in [-0.1, -0.05) is 200 Å². The molecule has 0 aromatic rings. The second-order valence-electron chi connectivity index (χ2n) is 18.6. The summed E-state index contributed by atoms with van der Waals surface area (Å²) in [4.78, 5) is 53.3. The Bertz CT molecular complexity index is 1180. The van der Waals surface area contributed by atoms with Crippen molar-refractivity contribution in [1.29, 1.82) is 0 Å². The number of hydrogen-bond acceptors (Lipinski definition) is 10. The minimum atomic E-state index is -2.31. The standard InChI is InChI=1S/C50H95N3O10/c1-3-5-7-9-11-13-15-17-19-21-23-25-27-29-31-33-38-53(44(57)36-32-30-28-26-24-22-20-18-16-14-12-10-8-6-4-2)50(51)46(49(62)48(61)42(40-55)63-50)47(60)41(39-54)52-43(56)35-34-37-45(58)59/h41-42,46,48-49,54-55,61-62H,3-40,51H2,1-2H3,(H,52,56)(H,58,59)/t41-,42+,46+,48+,49+,50-/m0/s1. The van der Waals surface area contributed by atoms with Crippen molar-refractivity contribution in [3.8, 4) is 0 Å². The maximum Gasteiger partial charge on any atom is 0.303 e. The molecule has 0 aromatic carbocycles. The van der Waals surface area contributed by atoms with Gasteiger partial charge in [-0.15, -0.1) is 0 Å². The van der Waals surface area contributed by atoms with Crippen molar-refractivity contribution in [2.24, 2.45) is 11.7 Å². The van der Waals surface area contributed by atoms with Gasteiger partial charge in [-0.3, -0.25) is 24.9 Å². The predicted octanol–water partition coefficient (Wildman–Crippen LogP) is 8.98. The molecular weight excluding hydrogens is 803 g/mol. The zero-order chi connectivity index (χ0) is 46.6. The molecule has 0 aliphatic carbocycles. The third-order valence-electron chi connectivity index (χ3n) is 13.0. The number of carboxylic acids is 1. The Balaban J connectivity index is 2.89. The van der Waals surface area contributed by atoms with Crippen LogP contribution in [0.2, 0.25) is 0 Å². The summed E-state index contributed by atoms with van der Waals surface area (Å²) in [5, 5.41) is 54.1. The molecule has 0 radical (unpaired) electrons. The number of aliphatic carboxylic acids is 1. The number of ketones is 1. The van der Waals surface area contributed by atoms with Crippen LogP contribution < -0.4 is 11.1 Å². The third kappa shape index (κ3) is 25.9. The molecule has 0 aromatic heterocycles. The molecule has 1 aliphatic heterocycles. The van der Waals surface area contributed by atoms with Gasteiger partial charge in [0, 0.05) is 25.8 Å². The highest BCUT2D eigenvalue weighted by molar-refractivity contribution is 5.92. The van der Waals surface area contributed by atoms with Crippen LogP contribution in [0.1, 0.15) is 239 Å². The molecule has 2 amide bonds. The zero-order valence-electron chi connectivity index (χ0n) is 40.1. The first-order valence-corrected chi connectivity index (χ1v) is 25.9. The van der Waals surface area contributed by atoms with Gasteiger partial charge in [0.25, 0.3) is 0 Å². The Labute approximate surface area is 382 Å². The lowest BCUT2D eigenvalue weighted by Crippen LogP contribution is -2.76. The molecule has 13 heteroatoms. The van der Waals surface area contributed by atoms with Crippen LogP contribution >= 0.6 is 0 Å². The van der Waals surface area contributed by atoms with E-state index in [0.717, 1.165) is 51.4 Å². The fraction of sp³-hybridized carbons (Fsp3) is 0.920. The number of nitrogens with two attached hydrogens (primary N) is 1. The van der Waals surface area contributed by atoms with Crippen LogP contribution in [0.5, 0.6) is 0 Å². The van der Waals surface area contributed by atoms with Crippen LogP contribution in [0.4, 0.5) is 0 Å². The third-order valence-corrected chi connectivity index (χ3v) is 13.0. The highest BCUT2D eigenvalue weighted by atomic mass is 16.6. The van der Waals surface area contributed by atoms with Crippen molar-refractivity contribution in [2.75, 3.05) is 19.8 Å². The van der Waals surface area contributed by atoms with Crippen LogP contribution in [0.3, 0.4) is 0 Å². The largest absolute Gasteiger partial charge is 0.481 e. The predicted molar refractivity (Wildman–Crippen MR) is 251 cm³/mol. The number of hydrogen-bond donors (Lipinski definition) is 7. The van der Waals surface area contributed by atoms with Crippen molar-refractivity contribution in [1.82, 2.24) is 10.2 Å². The van der Waals surface area contributed by atoms with Crippen molar-refractivity contribution in [3.05, 3.63) is 0 Å². The molecule has 8 N–H and O–H groups in total. The first kappa shape index (κ1) is 58.9. The van der Waals surface area contributed by atoms with Gasteiger partial charge >= 0.3 is 5.97 Å². The normalized spacial score (nSPS) is 20.4. The van der Waals surface area contributed by atoms with E-state index in [-0.39, 0.29) is 38.1 Å². The number of unbranched alkanes of at least 4 members (excludes halogenated alkanes) is 29. The SMILES string of the molecule is CCCCCCCCCCCCCCCCCCN(C(=O)CCCCCCCCCCCCCCCCC)[C@]1(N)O[C@H](CO)[C@@H](O)[C@H](O)[C@H]1C(=O)[C@H](CO)NC(=O)CCCC(=O)O. The lowest BCUT2D eigenvalue weighted by Gasteiger charge is -2.53. The lowest BCUT2D eigenvalue weighted by molar-refractivity contribution is -0.292. The van der Waals surface area contributed by atoms with Crippen LogP contribution in [0.25, 0.3) is 0 Å². The average molecular weight is 898 g/mol. The Morgan fingerprint density at radius 3 is 1.35 bits per heavy atom. The summed E-state index contributed by atoms with van der Waals surface area (Å²) < 4.78 is 6.06. The second-order valence-corrected chi connectivity index (χ2v) is 18.6. The fourth-order valence-electron chi connectivity index (χ4n) is 8.98. The molecule has 6 atom stereocenters. The average Bonchev–Trinajstić information content (AvgIpc) is 3.26. The Kier molecular flexibility index (Phi) is 35.5. The molecular formula is C50H95N3O10. The smallest absolute Gasteiger partial charge is 0.303 e. The zero-order valence-corrected chi connectivity index (χ0v) is 40.1. The number of carbonyl (C=O) groups excluding carboxylic acids is 3. The number of ether oxygens (including phenoxy) is 1. The number of nitrogens with zero attached hydrogens (tertiary/aromatic N) is 1. The first-order valence-electron chi connectivity index (χ1n) is 25.9. The maximum absolute atomic E-state index is 14.2. The van der Waals surface area contributed by atoms with Crippen LogP contribution in [0, 0.1) is 5.92 Å². The second kappa shape index (κ2) is 38.0. The molecule has 1 fully saturated rings. The number of aliphatic hydroxyl groups is 4. The molecule has 13 nitrogen and oxygen atoms in total. The maximum atomic E-state index is 14.2. The van der Waals surface area contributed by atoms with E-state index in [1.54, 1.807) is 0 Å². The minimum Gasteiger partial charge on any atom is -0.481 e. The molecule has 1 saturated heterocycles. The number of Topliss-reactive ketones (excluding diaryl/α,β-unsaturated/α-hetero) is 1. The first-order chi connectivity index (χ1) is 30.5. The quantitative estimate of drug-likeness (QED) is 0.0226. The van der Waals surface area contributed by atoms with Crippen molar-refractivity contribution < 1.29 is 49.4 Å². The number of nitrogens with one attached hydrogen (secondary N) is 1. The van der Waals surface area contributed by atoms with E-state index < -0.39 is 67.0 Å². The summed E-state index contributed by atoms with van der Waals surface area (Å²) in [6.07, 6.45) is 31.0. The van der Waals surface area contributed by atoms with Crippen LogP contribution in [-0.2, 0) is 23.9 Å². The van der Waals surface area contributed by atoms with Gasteiger partial charge in [0.05, 0.1) is 19.3 Å². The lowest BCUT2D eigenvalue weighted by atomic mass is 9.80. The minimum absolute atomic E-state index is 0.00128. The van der Waals surface area contributed by atoms with E-state index in [9.17, 15) is 39.6 Å². The molecule has 1 heterocycles. The highest BCUT2D eigenvalue weighted by Crippen LogP contribution is 2.37. The topological polar surface area (TPSA) is 220 Å². The van der Waals surface area contributed by atoms with Gasteiger partial charge in [0.1, 0.15) is 24.2 Å². The van der Waals surface area contributed by atoms with Gasteiger partial charge in [0.2, 0.25) is 17.7 Å². The molecule has 0 spiro atoms. The summed E-state index contributed by atoms with van der Waals surface area (Å²) in [6, 6.07) is -1.59. The number of aliphatic hydroxyl groups excluding tert-OH is 4. The fourth-order valence-corrected chi connectivity index (χ4v) is 8.98. The summed E-state index contributed by atoms with van der Waals surface area (Å²) in [6.45, 7) is 2.96. The summed E-state index contributed by atoms with van der Waals surface area (Å²) >= 11 is 0. The molecule has 63 heavy (non-hydrogen) atoms. The monoisotopic (exact) mass is 898 g/mol. The van der Waals surface area contributed by atoms with E-state index in [1.807, 2.05) is 0 Å². The van der Waals surface area contributed by atoms with Gasteiger partial charge in [-0.25, -0.2) is 0 Å². The number of rotatable bonds is 43. The van der Waals surface area contributed by atoms with Gasteiger partial charge in [-0.2, -0.15) is 0 Å². The van der Waals surface area contributed by atoms with Crippen molar-refractivity contribution >= 4 is 23.6 Å². The van der Waals surface area contributed by atoms with Gasteiger partial charge < -0.3 is 40.5 Å². The molecule has 1 aliphatic rings.